The summed E-state index contributed by atoms with van der Waals surface area (Å²) in [5, 5.41) is 12.5. The van der Waals surface area contributed by atoms with E-state index in [0.29, 0.717) is 31.8 Å². The van der Waals surface area contributed by atoms with Crippen LogP contribution in [0.3, 0.4) is 0 Å². The number of para-hydroxylation sites is 1. The van der Waals surface area contributed by atoms with Gasteiger partial charge in [0.15, 0.2) is 0 Å². The smallest absolute Gasteiger partial charge is 0.335 e. The number of nitrogens with one attached hydrogen (secondary N) is 1. The highest BCUT2D eigenvalue weighted by Gasteiger charge is 2.29. The molecule has 1 amide bonds. The molecule has 4 aromatic carbocycles. The van der Waals surface area contributed by atoms with Crippen molar-refractivity contribution in [3.63, 3.8) is 0 Å². The van der Waals surface area contributed by atoms with Crippen LogP contribution >= 0.6 is 0 Å². The number of carbonyl (C=O) groups is 3. The van der Waals surface area contributed by atoms with Crippen LogP contribution in [-0.4, -0.2) is 42.7 Å². The van der Waals surface area contributed by atoms with E-state index in [2.05, 4.69) is 5.32 Å². The largest absolute Gasteiger partial charge is 0.493 e. The minimum atomic E-state index is -1.13. The normalized spacial score (nSPS) is 15.7. The minimum absolute atomic E-state index is 0.00465. The number of rotatable bonds is 14. The summed E-state index contributed by atoms with van der Waals surface area (Å²) in [6, 6.07) is 29.4. The first-order chi connectivity index (χ1) is 22.9. The Bertz CT molecular complexity index is 1640. The molecule has 1 aliphatic carbocycles. The topological polar surface area (TPSA) is 120 Å². The fraction of sp³-hybridized carbons (Fsp3) is 0.289. The second-order valence-corrected chi connectivity index (χ2v) is 11.5. The Hall–Kier alpha value is -5.31. The fourth-order valence-corrected chi connectivity index (χ4v) is 5.59. The van der Waals surface area contributed by atoms with E-state index in [1.807, 2.05) is 78.9 Å². The van der Waals surface area contributed by atoms with Gasteiger partial charge in [0.05, 0.1) is 30.8 Å². The van der Waals surface area contributed by atoms with Crippen LogP contribution in [0.2, 0.25) is 0 Å². The Morgan fingerprint density at radius 3 is 2.23 bits per heavy atom. The Morgan fingerprint density at radius 2 is 1.51 bits per heavy atom. The lowest BCUT2D eigenvalue weighted by Crippen LogP contribution is -2.40. The van der Waals surface area contributed by atoms with Crippen molar-refractivity contribution >= 4 is 17.8 Å². The number of esters is 1. The van der Waals surface area contributed by atoms with Crippen LogP contribution in [0.1, 0.15) is 63.9 Å². The Morgan fingerprint density at radius 1 is 0.809 bits per heavy atom. The van der Waals surface area contributed by atoms with Gasteiger partial charge in [-0.1, -0.05) is 48.9 Å². The molecule has 2 unspecified atom stereocenters. The molecule has 1 saturated carbocycles. The van der Waals surface area contributed by atoms with Crippen LogP contribution in [0.15, 0.2) is 97.1 Å². The molecule has 244 valence electrons. The lowest BCUT2D eigenvalue weighted by molar-refractivity contribution is -0.146. The highest BCUT2D eigenvalue weighted by molar-refractivity contribution is 6.00. The summed E-state index contributed by atoms with van der Waals surface area (Å²) in [5.74, 6) is 0.532. The number of aryl methyl sites for hydroxylation is 1. The molecule has 0 radical (unpaired) electrons. The molecule has 1 aliphatic rings. The van der Waals surface area contributed by atoms with E-state index in [4.69, 9.17) is 18.9 Å². The van der Waals surface area contributed by atoms with Gasteiger partial charge in [-0.2, -0.15) is 0 Å². The molecule has 9 heteroatoms. The molecule has 0 aliphatic heterocycles. The monoisotopic (exact) mass is 637 g/mol. The van der Waals surface area contributed by atoms with Crippen molar-refractivity contribution in [1.29, 1.82) is 0 Å². The minimum Gasteiger partial charge on any atom is -0.493 e. The molecule has 2 atom stereocenters. The van der Waals surface area contributed by atoms with Gasteiger partial charge in [-0.15, -0.1) is 0 Å². The maximum Gasteiger partial charge on any atom is 0.335 e. The van der Waals surface area contributed by atoms with Crippen molar-refractivity contribution in [3.05, 3.63) is 119 Å². The van der Waals surface area contributed by atoms with Gasteiger partial charge in [-0.25, -0.2) is 4.79 Å². The zero-order valence-corrected chi connectivity index (χ0v) is 26.4. The number of carbonyl (C=O) groups excluding carboxylic acids is 2. The highest BCUT2D eigenvalue weighted by Crippen LogP contribution is 2.27. The summed E-state index contributed by atoms with van der Waals surface area (Å²) in [6.45, 7) is 0.769. The molecule has 1 fully saturated rings. The number of carboxylic acid groups (broad SMARTS) is 1. The van der Waals surface area contributed by atoms with Gasteiger partial charge in [0, 0.05) is 6.04 Å². The Balaban J connectivity index is 1.09. The summed E-state index contributed by atoms with van der Waals surface area (Å²) in [4.78, 5) is 36.9. The SMILES string of the molecule is COC(=O)C1CCCC(NC(=O)c2cc(C(=O)O)ccc2OCCCc2ccc(OCc3ccc(Oc4ccccc4)cc3)cc2)C1. The zero-order chi connectivity index (χ0) is 33.0. The average molecular weight is 638 g/mol. The van der Waals surface area contributed by atoms with Crippen LogP contribution in [0.4, 0.5) is 0 Å². The zero-order valence-electron chi connectivity index (χ0n) is 26.4. The number of benzene rings is 4. The number of hydrogen-bond acceptors (Lipinski definition) is 7. The maximum absolute atomic E-state index is 13.2. The molecule has 47 heavy (non-hydrogen) atoms. The summed E-state index contributed by atoms with van der Waals surface area (Å²) >= 11 is 0. The molecule has 0 spiro atoms. The summed E-state index contributed by atoms with van der Waals surface area (Å²) in [5.41, 5.74) is 2.29. The van der Waals surface area contributed by atoms with Crippen molar-refractivity contribution in [1.82, 2.24) is 5.32 Å². The summed E-state index contributed by atoms with van der Waals surface area (Å²) < 4.78 is 22.7. The van der Waals surface area contributed by atoms with E-state index < -0.39 is 11.9 Å². The van der Waals surface area contributed by atoms with Gasteiger partial charge in [0.25, 0.3) is 5.91 Å². The third-order valence-electron chi connectivity index (χ3n) is 8.11. The maximum atomic E-state index is 13.2. The fourth-order valence-electron chi connectivity index (χ4n) is 5.59. The lowest BCUT2D eigenvalue weighted by atomic mass is 9.85. The molecular weight excluding hydrogens is 598 g/mol. The molecule has 0 saturated heterocycles. The summed E-state index contributed by atoms with van der Waals surface area (Å²) in [6.07, 6.45) is 4.15. The Kier molecular flexibility index (Phi) is 11.5. The summed E-state index contributed by atoms with van der Waals surface area (Å²) in [7, 11) is 1.36. The molecule has 5 rings (SSSR count). The quantitative estimate of drug-likeness (QED) is 0.110. The Labute approximate surface area is 274 Å². The van der Waals surface area contributed by atoms with Crippen molar-refractivity contribution in [2.75, 3.05) is 13.7 Å². The third kappa shape index (κ3) is 9.59. The first kappa shape index (κ1) is 33.1. The first-order valence-electron chi connectivity index (χ1n) is 15.8. The van der Waals surface area contributed by atoms with Crippen molar-refractivity contribution in [2.45, 2.75) is 51.2 Å². The van der Waals surface area contributed by atoms with Gasteiger partial charge >= 0.3 is 11.9 Å². The molecule has 2 N–H and O–H groups in total. The van der Waals surface area contributed by atoms with Crippen LogP contribution in [0.25, 0.3) is 0 Å². The average Bonchev–Trinajstić information content (AvgIpc) is 3.10. The van der Waals surface area contributed by atoms with Gasteiger partial charge in [0.2, 0.25) is 0 Å². The van der Waals surface area contributed by atoms with Crippen molar-refractivity contribution in [3.8, 4) is 23.0 Å². The first-order valence-corrected chi connectivity index (χ1v) is 15.8. The number of methoxy groups -OCH3 is 1. The predicted molar refractivity (Wildman–Crippen MR) is 176 cm³/mol. The molecule has 0 heterocycles. The van der Waals surface area contributed by atoms with Gasteiger partial charge < -0.3 is 29.4 Å². The van der Waals surface area contributed by atoms with Gasteiger partial charge in [0.1, 0.15) is 29.6 Å². The molecule has 0 aromatic heterocycles. The molecule has 9 nitrogen and oxygen atoms in total. The number of carboxylic acids is 1. The van der Waals surface area contributed by atoms with Crippen molar-refractivity contribution < 1.29 is 38.4 Å². The third-order valence-corrected chi connectivity index (χ3v) is 8.11. The van der Waals surface area contributed by atoms with Crippen LogP contribution in [0.5, 0.6) is 23.0 Å². The number of hydrogen-bond donors (Lipinski definition) is 2. The van der Waals surface area contributed by atoms with Gasteiger partial charge in [-0.05, 0) is 97.8 Å². The predicted octanol–water partition coefficient (Wildman–Crippen LogP) is 7.23. The van der Waals surface area contributed by atoms with Crippen LogP contribution in [0, 0.1) is 5.92 Å². The number of ether oxygens (including phenoxy) is 4. The van der Waals surface area contributed by atoms with E-state index >= 15 is 0 Å². The second kappa shape index (κ2) is 16.3. The standard InChI is InChI=1S/C38H39NO8/c1-44-38(43)29-8-5-9-30(23-29)39-36(40)34-24-28(37(41)42)16-21-35(34)45-22-6-7-26-12-17-31(18-13-26)46-25-27-14-19-33(20-15-27)47-32-10-3-2-4-11-32/h2-4,10-21,24,29-30H,5-9,22-23,25H2,1H3,(H,39,40)(H,41,42). The highest BCUT2D eigenvalue weighted by atomic mass is 16.5. The van der Waals surface area contributed by atoms with E-state index in [1.165, 1.54) is 25.3 Å². The second-order valence-electron chi connectivity index (χ2n) is 11.5. The van der Waals surface area contributed by atoms with Crippen LogP contribution in [-0.2, 0) is 22.6 Å². The van der Waals surface area contributed by atoms with Crippen molar-refractivity contribution in [2.24, 2.45) is 5.92 Å². The molecular formula is C38H39NO8. The number of aromatic carboxylic acids is 1. The molecule has 0 bridgehead atoms. The van der Waals surface area contributed by atoms with E-state index in [1.54, 1.807) is 0 Å². The molecule has 4 aromatic rings. The van der Waals surface area contributed by atoms with Gasteiger partial charge in [-0.3, -0.25) is 9.59 Å². The van der Waals surface area contributed by atoms with Crippen LogP contribution < -0.4 is 19.5 Å². The lowest BCUT2D eigenvalue weighted by Gasteiger charge is -2.28. The number of amides is 1. The van der Waals surface area contributed by atoms with E-state index in [9.17, 15) is 19.5 Å². The van der Waals surface area contributed by atoms with E-state index in [-0.39, 0.29) is 29.1 Å². The van der Waals surface area contributed by atoms with E-state index in [0.717, 1.165) is 54.1 Å².